The van der Waals surface area contributed by atoms with Gasteiger partial charge in [0.2, 0.25) is 0 Å². The van der Waals surface area contributed by atoms with Crippen molar-refractivity contribution in [3.8, 4) is 0 Å². The lowest BCUT2D eigenvalue weighted by atomic mass is 9.48. The number of rotatable bonds is 2. The molecule has 4 saturated carbocycles. The lowest BCUT2D eigenvalue weighted by molar-refractivity contribution is -0.0372. The average molecular weight is 191 g/mol. The Labute approximate surface area is 88.5 Å². The topological polar surface area (TPSA) is 0 Å². The molecule has 0 aromatic rings. The van der Waals surface area contributed by atoms with E-state index in [1.165, 1.54) is 19.3 Å². The summed E-state index contributed by atoms with van der Waals surface area (Å²) in [5, 5.41) is 0. The molecule has 0 heteroatoms. The maximum atomic E-state index is 2.71. The van der Waals surface area contributed by atoms with E-state index in [4.69, 9.17) is 0 Å². The van der Waals surface area contributed by atoms with Gasteiger partial charge in [0.15, 0.2) is 0 Å². The molecular formula is C14H23. The summed E-state index contributed by atoms with van der Waals surface area (Å²) < 4.78 is 0. The van der Waals surface area contributed by atoms with E-state index < -0.39 is 0 Å². The van der Waals surface area contributed by atoms with E-state index in [2.05, 4.69) is 20.3 Å². The van der Waals surface area contributed by atoms with Gasteiger partial charge in [0, 0.05) is 0 Å². The van der Waals surface area contributed by atoms with E-state index in [1.54, 1.807) is 19.3 Å². The molecule has 0 atom stereocenters. The highest BCUT2D eigenvalue weighted by molar-refractivity contribution is 5.07. The summed E-state index contributed by atoms with van der Waals surface area (Å²) >= 11 is 0. The fourth-order valence-electron chi connectivity index (χ4n) is 5.09. The third-order valence-electron chi connectivity index (χ3n) is 4.77. The molecule has 0 aliphatic heterocycles. The monoisotopic (exact) mass is 191 g/mol. The first kappa shape index (κ1) is 9.24. The second-order valence-corrected chi connectivity index (χ2v) is 6.69. The Morgan fingerprint density at radius 1 is 0.929 bits per heavy atom. The molecule has 0 aromatic heterocycles. The minimum Gasteiger partial charge on any atom is -0.0625 e. The Hall–Kier alpha value is 0. The Morgan fingerprint density at radius 2 is 1.36 bits per heavy atom. The van der Waals surface area contributed by atoms with Crippen LogP contribution in [0, 0.1) is 35.5 Å². The van der Waals surface area contributed by atoms with E-state index >= 15 is 0 Å². The molecule has 0 N–H and O–H groups in total. The highest BCUT2D eigenvalue weighted by Crippen LogP contribution is 2.61. The SMILES string of the molecule is CC(C)[CH]C12CC3CC(CC(C3)C1)C2. The van der Waals surface area contributed by atoms with Gasteiger partial charge in [-0.25, -0.2) is 0 Å². The molecule has 79 valence electrons. The van der Waals surface area contributed by atoms with Crippen molar-refractivity contribution in [2.24, 2.45) is 29.1 Å². The lowest BCUT2D eigenvalue weighted by Gasteiger charge is -2.57. The van der Waals surface area contributed by atoms with Crippen molar-refractivity contribution in [3.63, 3.8) is 0 Å². The first-order chi connectivity index (χ1) is 6.65. The van der Waals surface area contributed by atoms with Gasteiger partial charge in [0.05, 0.1) is 0 Å². The number of hydrogen-bond donors (Lipinski definition) is 0. The summed E-state index contributed by atoms with van der Waals surface area (Å²) in [7, 11) is 0. The Balaban J connectivity index is 1.80. The van der Waals surface area contributed by atoms with Gasteiger partial charge in [-0.3, -0.25) is 0 Å². The van der Waals surface area contributed by atoms with Crippen LogP contribution in [0.15, 0.2) is 0 Å². The van der Waals surface area contributed by atoms with E-state index in [9.17, 15) is 0 Å². The Bertz CT molecular complexity index is 185. The van der Waals surface area contributed by atoms with Crippen molar-refractivity contribution in [2.45, 2.75) is 52.4 Å². The van der Waals surface area contributed by atoms with Crippen LogP contribution >= 0.6 is 0 Å². The van der Waals surface area contributed by atoms with Crippen LogP contribution in [0.2, 0.25) is 0 Å². The lowest BCUT2D eigenvalue weighted by Crippen LogP contribution is -2.46. The van der Waals surface area contributed by atoms with Crippen molar-refractivity contribution in [3.05, 3.63) is 6.42 Å². The van der Waals surface area contributed by atoms with Gasteiger partial charge in [-0.15, -0.1) is 0 Å². The predicted octanol–water partition coefficient (Wildman–Crippen LogP) is 4.06. The minimum atomic E-state index is 0.697. The molecule has 4 bridgehead atoms. The molecular weight excluding hydrogens is 168 g/mol. The van der Waals surface area contributed by atoms with Gasteiger partial charge >= 0.3 is 0 Å². The maximum absolute atomic E-state index is 2.71. The quantitative estimate of drug-likeness (QED) is 0.617. The fraction of sp³-hybridized carbons (Fsp3) is 0.929. The van der Waals surface area contributed by atoms with Crippen LogP contribution in [0.5, 0.6) is 0 Å². The largest absolute Gasteiger partial charge is 0.0625 e. The minimum absolute atomic E-state index is 0.697. The normalized spacial score (nSPS) is 50.4. The first-order valence-electron chi connectivity index (χ1n) is 6.51. The zero-order valence-corrected chi connectivity index (χ0v) is 9.63. The molecule has 0 spiro atoms. The van der Waals surface area contributed by atoms with Crippen LogP contribution in [0.25, 0.3) is 0 Å². The molecule has 1 radical (unpaired) electrons. The van der Waals surface area contributed by atoms with Gasteiger partial charge in [0.25, 0.3) is 0 Å². The standard InChI is InChI=1S/C14H23/c1-10(2)6-14-7-11-3-12(8-14)5-13(4-11)9-14/h6,10-13H,3-5,7-9H2,1-2H3. The first-order valence-corrected chi connectivity index (χ1v) is 6.51. The van der Waals surface area contributed by atoms with Crippen LogP contribution in [-0.2, 0) is 0 Å². The van der Waals surface area contributed by atoms with E-state index in [1.807, 2.05) is 0 Å². The molecule has 0 nitrogen and oxygen atoms in total. The van der Waals surface area contributed by atoms with Gasteiger partial charge in [-0.05, 0) is 74.0 Å². The van der Waals surface area contributed by atoms with Crippen LogP contribution in [0.1, 0.15) is 52.4 Å². The Morgan fingerprint density at radius 3 is 1.71 bits per heavy atom. The summed E-state index contributed by atoms with van der Waals surface area (Å²) in [5.74, 6) is 4.12. The average Bonchev–Trinajstić information content (AvgIpc) is 1.96. The molecule has 4 aliphatic carbocycles. The molecule has 4 fully saturated rings. The van der Waals surface area contributed by atoms with E-state index in [-0.39, 0.29) is 0 Å². The van der Waals surface area contributed by atoms with Gasteiger partial charge in [-0.2, -0.15) is 0 Å². The summed E-state index contributed by atoms with van der Waals surface area (Å²) in [6.45, 7) is 4.72. The van der Waals surface area contributed by atoms with Crippen LogP contribution in [-0.4, -0.2) is 0 Å². The second kappa shape index (κ2) is 3.00. The van der Waals surface area contributed by atoms with Gasteiger partial charge < -0.3 is 0 Å². The summed E-state index contributed by atoms with van der Waals surface area (Å²) in [4.78, 5) is 0. The summed E-state index contributed by atoms with van der Waals surface area (Å²) in [5.41, 5.74) is 0.697. The van der Waals surface area contributed by atoms with Crippen molar-refractivity contribution >= 4 is 0 Å². The van der Waals surface area contributed by atoms with Crippen LogP contribution in [0.3, 0.4) is 0 Å². The molecule has 0 heterocycles. The highest BCUT2D eigenvalue weighted by Gasteiger charge is 2.50. The third-order valence-corrected chi connectivity index (χ3v) is 4.77. The third kappa shape index (κ3) is 1.42. The van der Waals surface area contributed by atoms with Crippen LogP contribution < -0.4 is 0 Å². The van der Waals surface area contributed by atoms with Crippen molar-refractivity contribution in [1.82, 2.24) is 0 Å². The zero-order chi connectivity index (χ0) is 9.76. The maximum Gasteiger partial charge on any atom is -0.0256 e. The summed E-state index contributed by atoms with van der Waals surface area (Å²) in [6, 6.07) is 0. The smallest absolute Gasteiger partial charge is 0.0256 e. The molecule has 4 aliphatic rings. The van der Waals surface area contributed by atoms with Crippen molar-refractivity contribution in [1.29, 1.82) is 0 Å². The van der Waals surface area contributed by atoms with E-state index in [0.717, 1.165) is 23.7 Å². The van der Waals surface area contributed by atoms with Crippen molar-refractivity contribution < 1.29 is 0 Å². The molecule has 4 rings (SSSR count). The van der Waals surface area contributed by atoms with Gasteiger partial charge in [0.1, 0.15) is 0 Å². The molecule has 14 heavy (non-hydrogen) atoms. The number of hydrogen-bond acceptors (Lipinski definition) is 0. The molecule has 0 saturated heterocycles. The zero-order valence-electron chi connectivity index (χ0n) is 9.63. The summed E-state index contributed by atoms with van der Waals surface area (Å²) in [6.07, 6.45) is 12.0. The van der Waals surface area contributed by atoms with E-state index in [0.29, 0.717) is 5.41 Å². The van der Waals surface area contributed by atoms with Gasteiger partial charge in [-0.1, -0.05) is 13.8 Å². The molecule has 0 amide bonds. The second-order valence-electron chi connectivity index (χ2n) is 6.69. The predicted molar refractivity (Wildman–Crippen MR) is 59.7 cm³/mol. The van der Waals surface area contributed by atoms with Crippen molar-refractivity contribution in [2.75, 3.05) is 0 Å². The fourth-order valence-corrected chi connectivity index (χ4v) is 5.09. The molecule has 0 aromatic carbocycles. The molecule has 0 unspecified atom stereocenters. The Kier molecular flexibility index (Phi) is 1.98. The highest BCUT2D eigenvalue weighted by atomic mass is 14.6. The van der Waals surface area contributed by atoms with Crippen LogP contribution in [0.4, 0.5) is 0 Å².